The Morgan fingerprint density at radius 2 is 2.06 bits per heavy atom. The lowest BCUT2D eigenvalue weighted by Crippen LogP contribution is -2.44. The summed E-state index contributed by atoms with van der Waals surface area (Å²) in [6, 6.07) is 11.0. The highest BCUT2D eigenvalue weighted by molar-refractivity contribution is 9.10. The van der Waals surface area contributed by atoms with Crippen LogP contribution in [0.2, 0.25) is 0 Å². The second kappa shape index (κ2) is 12.1. The van der Waals surface area contributed by atoms with E-state index < -0.39 is 11.7 Å². The van der Waals surface area contributed by atoms with E-state index in [1.807, 2.05) is 24.3 Å². The highest BCUT2D eigenvalue weighted by Gasteiger charge is 2.35. The van der Waals surface area contributed by atoms with Gasteiger partial charge in [0.05, 0.1) is 18.4 Å². The third-order valence-electron chi connectivity index (χ3n) is 5.64. The Bertz CT molecular complexity index is 1180. The topological polar surface area (TPSA) is 83.9 Å². The maximum Gasteiger partial charge on any atom is 0.419 e. The number of halogens is 4. The van der Waals surface area contributed by atoms with Crippen molar-refractivity contribution in [2.45, 2.75) is 32.0 Å². The quantitative estimate of drug-likeness (QED) is 0.304. The Morgan fingerprint density at radius 3 is 2.69 bits per heavy atom. The van der Waals surface area contributed by atoms with E-state index in [0.717, 1.165) is 22.5 Å². The van der Waals surface area contributed by atoms with Gasteiger partial charge >= 0.3 is 6.18 Å². The Hall–Kier alpha value is -3.27. The Morgan fingerprint density at radius 1 is 1.28 bits per heavy atom. The zero-order valence-electron chi connectivity index (χ0n) is 20.0. The molecule has 10 heteroatoms. The van der Waals surface area contributed by atoms with Gasteiger partial charge in [0, 0.05) is 16.6 Å². The molecule has 1 heterocycles. The first-order valence-electron chi connectivity index (χ1n) is 11.3. The van der Waals surface area contributed by atoms with Crippen LogP contribution >= 0.6 is 15.9 Å². The fourth-order valence-electron chi connectivity index (χ4n) is 3.95. The maximum atomic E-state index is 13.9. The third kappa shape index (κ3) is 6.90. The van der Waals surface area contributed by atoms with E-state index in [0.29, 0.717) is 24.6 Å². The lowest BCUT2D eigenvalue weighted by Gasteiger charge is -2.25. The number of nitrogens with one attached hydrogen (secondary N) is 1. The standard InChI is InChI=1S/C26H28BrF3N4O2/c1-3-21(33-24(35-2)22-10-5-13-34(22)25(31)32)18-11-12-23(20(16-18)26(28,29)30)36-14-6-8-17-7-4-9-19(27)15-17/h3-4,6-9,11-12,15-16,22H,5,10,13-14H2,1-2H3,(H3,31,32)/b8-6+,21-3-,33-24?. The van der Waals surface area contributed by atoms with Crippen LogP contribution in [-0.2, 0) is 10.9 Å². The van der Waals surface area contributed by atoms with Crippen molar-refractivity contribution in [2.75, 3.05) is 20.3 Å². The van der Waals surface area contributed by atoms with Gasteiger partial charge < -0.3 is 20.1 Å². The average Bonchev–Trinajstić information content (AvgIpc) is 3.32. The molecule has 0 amide bonds. The Balaban J connectivity index is 1.84. The molecule has 0 aromatic heterocycles. The van der Waals surface area contributed by atoms with Crippen molar-refractivity contribution in [1.82, 2.24) is 4.90 Å². The SMILES string of the molecule is C/C=C(\N=C(OC)C1CCCN1C(=N)N)c1ccc(OC/C=C/c2cccc(Br)c2)c(C(F)(F)F)c1. The predicted octanol–water partition coefficient (Wildman–Crippen LogP) is 6.32. The number of rotatable bonds is 7. The van der Waals surface area contributed by atoms with E-state index >= 15 is 0 Å². The first-order valence-corrected chi connectivity index (χ1v) is 12.1. The molecule has 36 heavy (non-hydrogen) atoms. The number of hydrogen-bond donors (Lipinski definition) is 2. The number of aliphatic imine (C=N–C) groups is 1. The number of benzene rings is 2. The van der Waals surface area contributed by atoms with E-state index in [-0.39, 0.29) is 29.9 Å². The molecule has 0 radical (unpaired) electrons. The van der Waals surface area contributed by atoms with Crippen molar-refractivity contribution in [3.05, 3.63) is 75.8 Å². The molecule has 1 unspecified atom stereocenters. The largest absolute Gasteiger partial charge is 0.489 e. The van der Waals surface area contributed by atoms with Crippen LogP contribution in [0.3, 0.4) is 0 Å². The summed E-state index contributed by atoms with van der Waals surface area (Å²) in [5.74, 6) is -0.0726. The van der Waals surface area contributed by atoms with Gasteiger partial charge in [-0.2, -0.15) is 13.2 Å². The van der Waals surface area contributed by atoms with Crippen LogP contribution in [-0.4, -0.2) is 43.1 Å². The molecule has 192 valence electrons. The number of alkyl halides is 3. The zero-order valence-corrected chi connectivity index (χ0v) is 21.6. The maximum absolute atomic E-state index is 13.9. The summed E-state index contributed by atoms with van der Waals surface area (Å²) in [4.78, 5) is 6.17. The van der Waals surface area contributed by atoms with Gasteiger partial charge in [-0.25, -0.2) is 4.99 Å². The predicted molar refractivity (Wildman–Crippen MR) is 140 cm³/mol. The van der Waals surface area contributed by atoms with Gasteiger partial charge in [0.25, 0.3) is 0 Å². The van der Waals surface area contributed by atoms with Gasteiger partial charge in [-0.3, -0.25) is 5.41 Å². The van der Waals surface area contributed by atoms with Gasteiger partial charge in [-0.15, -0.1) is 0 Å². The molecule has 2 aromatic carbocycles. The Labute approximate surface area is 216 Å². The van der Waals surface area contributed by atoms with Crippen LogP contribution in [0, 0.1) is 5.41 Å². The van der Waals surface area contributed by atoms with Gasteiger partial charge in [-0.05, 0) is 61.7 Å². The second-order valence-electron chi connectivity index (χ2n) is 8.04. The molecule has 0 spiro atoms. The highest BCUT2D eigenvalue weighted by Crippen LogP contribution is 2.38. The normalized spacial score (nSPS) is 17.1. The van der Waals surface area contributed by atoms with Gasteiger partial charge in [0.15, 0.2) is 5.96 Å². The fraction of sp³-hybridized carbons (Fsp3) is 0.308. The van der Waals surface area contributed by atoms with E-state index in [1.54, 1.807) is 30.1 Å². The minimum Gasteiger partial charge on any atom is -0.489 e. The number of allylic oxidation sites excluding steroid dienone is 1. The molecule has 1 atom stereocenters. The molecule has 0 aliphatic carbocycles. The van der Waals surface area contributed by atoms with Crippen molar-refractivity contribution >= 4 is 39.6 Å². The summed E-state index contributed by atoms with van der Waals surface area (Å²) >= 11 is 3.38. The van der Waals surface area contributed by atoms with Crippen LogP contribution in [0.25, 0.3) is 11.8 Å². The summed E-state index contributed by atoms with van der Waals surface area (Å²) in [6.45, 7) is 2.25. The summed E-state index contributed by atoms with van der Waals surface area (Å²) in [5.41, 5.74) is 6.25. The number of guanidine groups is 1. The second-order valence-corrected chi connectivity index (χ2v) is 8.96. The van der Waals surface area contributed by atoms with Gasteiger partial charge in [0.2, 0.25) is 5.90 Å². The lowest BCUT2D eigenvalue weighted by atomic mass is 10.1. The molecular formula is C26H28BrF3N4O2. The van der Waals surface area contributed by atoms with Crippen LogP contribution in [0.15, 0.2) is 64.1 Å². The highest BCUT2D eigenvalue weighted by atomic mass is 79.9. The molecule has 1 aliphatic rings. The van der Waals surface area contributed by atoms with Gasteiger partial charge in [-0.1, -0.05) is 40.2 Å². The van der Waals surface area contributed by atoms with Gasteiger partial charge in [0.1, 0.15) is 18.4 Å². The van der Waals surface area contributed by atoms with Crippen molar-refractivity contribution in [3.63, 3.8) is 0 Å². The molecule has 1 fully saturated rings. The summed E-state index contributed by atoms with van der Waals surface area (Å²) in [5, 5.41) is 7.76. The minimum atomic E-state index is -4.62. The van der Waals surface area contributed by atoms with Crippen LogP contribution in [0.4, 0.5) is 13.2 Å². The molecule has 6 nitrogen and oxygen atoms in total. The Kier molecular flexibility index (Phi) is 9.19. The number of methoxy groups -OCH3 is 1. The van der Waals surface area contributed by atoms with Crippen LogP contribution in [0.5, 0.6) is 5.75 Å². The van der Waals surface area contributed by atoms with E-state index in [4.69, 9.17) is 20.6 Å². The van der Waals surface area contributed by atoms with Crippen molar-refractivity contribution in [1.29, 1.82) is 5.41 Å². The van der Waals surface area contributed by atoms with E-state index in [2.05, 4.69) is 20.9 Å². The lowest BCUT2D eigenvalue weighted by molar-refractivity contribution is -0.138. The number of likely N-dealkylation sites (tertiary alicyclic amines) is 1. The van der Waals surface area contributed by atoms with Crippen molar-refractivity contribution < 1.29 is 22.6 Å². The molecule has 2 aromatic rings. The minimum absolute atomic E-state index is 0.0278. The fourth-order valence-corrected chi connectivity index (χ4v) is 4.37. The molecule has 0 saturated carbocycles. The number of nitrogens with zero attached hydrogens (tertiary/aromatic N) is 2. The zero-order chi connectivity index (χ0) is 26.3. The number of hydrogen-bond acceptors (Lipinski definition) is 4. The molecular weight excluding hydrogens is 537 g/mol. The number of nitrogens with two attached hydrogens (primary N) is 1. The van der Waals surface area contributed by atoms with E-state index in [1.165, 1.54) is 19.2 Å². The van der Waals surface area contributed by atoms with Crippen LogP contribution in [0.1, 0.15) is 36.5 Å². The first kappa shape index (κ1) is 27.3. The molecule has 3 N–H and O–H groups in total. The molecule has 1 saturated heterocycles. The van der Waals surface area contributed by atoms with Crippen molar-refractivity contribution in [2.24, 2.45) is 10.7 Å². The summed E-state index contributed by atoms with van der Waals surface area (Å²) < 4.78 is 53.5. The monoisotopic (exact) mass is 564 g/mol. The summed E-state index contributed by atoms with van der Waals surface area (Å²) in [6.07, 6.45) is 1.91. The third-order valence-corrected chi connectivity index (χ3v) is 6.13. The number of ether oxygens (including phenoxy) is 2. The van der Waals surface area contributed by atoms with Crippen molar-refractivity contribution in [3.8, 4) is 5.75 Å². The molecule has 0 bridgehead atoms. The average molecular weight is 565 g/mol. The van der Waals surface area contributed by atoms with E-state index in [9.17, 15) is 13.2 Å². The first-order chi connectivity index (χ1) is 17.1. The molecule has 1 aliphatic heterocycles. The van der Waals surface area contributed by atoms with Crippen LogP contribution < -0.4 is 10.5 Å². The summed E-state index contributed by atoms with van der Waals surface area (Å²) in [7, 11) is 1.45. The smallest absolute Gasteiger partial charge is 0.419 e. The molecule has 3 rings (SSSR count).